The van der Waals surface area contributed by atoms with Crippen molar-refractivity contribution in [2.75, 3.05) is 7.05 Å². The number of allylic oxidation sites excluding steroid dienone is 2. The van der Waals surface area contributed by atoms with Crippen molar-refractivity contribution in [2.45, 2.75) is 51.0 Å². The van der Waals surface area contributed by atoms with Gasteiger partial charge in [-0.25, -0.2) is 4.99 Å². The predicted octanol–water partition coefficient (Wildman–Crippen LogP) is 2.92. The van der Waals surface area contributed by atoms with Gasteiger partial charge in [0, 0.05) is 11.8 Å². The minimum Gasteiger partial charge on any atom is -0.314 e. The molecule has 2 rings (SSSR count). The molecule has 17 heavy (non-hydrogen) atoms. The van der Waals surface area contributed by atoms with Crippen LogP contribution in [-0.2, 0) is 0 Å². The fourth-order valence-corrected chi connectivity index (χ4v) is 3.51. The molecule has 2 unspecified atom stereocenters. The Bertz CT molecular complexity index is 358. The number of nitrogens with zero attached hydrogens (tertiary/aromatic N) is 1. The van der Waals surface area contributed by atoms with Crippen molar-refractivity contribution < 1.29 is 0 Å². The molecule has 2 fully saturated rings. The lowest BCUT2D eigenvalue weighted by atomic mass is 9.73. The Morgan fingerprint density at radius 2 is 2.12 bits per heavy atom. The van der Waals surface area contributed by atoms with Crippen LogP contribution in [0.4, 0.5) is 0 Å². The lowest BCUT2D eigenvalue weighted by Crippen LogP contribution is -2.43. The van der Waals surface area contributed by atoms with Crippen LogP contribution in [0.15, 0.2) is 17.1 Å². The van der Waals surface area contributed by atoms with E-state index in [0.29, 0.717) is 16.8 Å². The minimum atomic E-state index is 0.367. The summed E-state index contributed by atoms with van der Waals surface area (Å²) >= 11 is 0. The molecule has 0 saturated heterocycles. The third-order valence-electron chi connectivity index (χ3n) is 4.46. The van der Waals surface area contributed by atoms with Crippen molar-refractivity contribution in [1.82, 2.24) is 5.32 Å². The monoisotopic (exact) mass is 233 g/mol. The fourth-order valence-electron chi connectivity index (χ4n) is 3.51. The topological polar surface area (TPSA) is 48.2 Å². The molecule has 2 aliphatic rings. The second kappa shape index (κ2) is 4.73. The first-order chi connectivity index (χ1) is 8.10. The van der Waals surface area contributed by atoms with Crippen molar-refractivity contribution in [1.29, 1.82) is 5.41 Å². The largest absolute Gasteiger partial charge is 0.314 e. The highest BCUT2D eigenvalue weighted by Crippen LogP contribution is 2.54. The number of nitrogens with one attached hydrogen (secondary N) is 2. The Morgan fingerprint density at radius 1 is 1.29 bits per heavy atom. The molecule has 2 atom stereocenters. The van der Waals surface area contributed by atoms with Crippen LogP contribution in [0.3, 0.4) is 0 Å². The lowest BCUT2D eigenvalue weighted by molar-refractivity contribution is 0.217. The molecule has 2 aliphatic carbocycles. The van der Waals surface area contributed by atoms with Crippen LogP contribution in [0.2, 0.25) is 0 Å². The zero-order valence-corrected chi connectivity index (χ0v) is 10.9. The summed E-state index contributed by atoms with van der Waals surface area (Å²) in [7, 11) is 2.10. The molecule has 0 aromatic heterocycles. The first-order valence-corrected chi connectivity index (χ1v) is 6.56. The molecule has 2 bridgehead atoms. The summed E-state index contributed by atoms with van der Waals surface area (Å²) in [6.45, 7) is 1.70. The van der Waals surface area contributed by atoms with Gasteiger partial charge < -0.3 is 5.32 Å². The second-order valence-electron chi connectivity index (χ2n) is 5.65. The summed E-state index contributed by atoms with van der Waals surface area (Å²) in [5.74, 6) is 0.367. The number of hydrogen-bond donors (Lipinski definition) is 2. The van der Waals surface area contributed by atoms with Gasteiger partial charge in [-0.15, -0.1) is 0 Å². The minimum absolute atomic E-state index is 0.367. The summed E-state index contributed by atoms with van der Waals surface area (Å²) in [6, 6.07) is 0. The standard InChI is InChI=1S/C14H23N3/c1-12(15)17-10-4-6-13-5-3-7-14(11-13,16-2)9-8-13/h4,6,10,15-16H,3,5,7-9,11H2,1-2H3/b6-4+,15-12?,17-10-. The maximum Gasteiger partial charge on any atom is 0.117 e. The van der Waals surface area contributed by atoms with E-state index in [1.165, 1.54) is 38.5 Å². The second-order valence-corrected chi connectivity index (χ2v) is 5.65. The van der Waals surface area contributed by atoms with Crippen molar-refractivity contribution >= 4 is 12.1 Å². The van der Waals surface area contributed by atoms with Crippen LogP contribution in [0.1, 0.15) is 45.4 Å². The summed E-state index contributed by atoms with van der Waals surface area (Å²) in [6.07, 6.45) is 13.9. The van der Waals surface area contributed by atoms with Crippen LogP contribution in [0, 0.1) is 10.8 Å². The molecule has 0 aliphatic heterocycles. The highest BCUT2D eigenvalue weighted by molar-refractivity contribution is 5.88. The van der Waals surface area contributed by atoms with E-state index in [-0.39, 0.29) is 0 Å². The van der Waals surface area contributed by atoms with Gasteiger partial charge in [0.2, 0.25) is 0 Å². The Hall–Kier alpha value is -0.960. The molecule has 3 nitrogen and oxygen atoms in total. The van der Waals surface area contributed by atoms with E-state index < -0.39 is 0 Å². The van der Waals surface area contributed by atoms with Gasteiger partial charge in [-0.1, -0.05) is 12.5 Å². The molecule has 0 heterocycles. The molecule has 0 aromatic carbocycles. The number of aliphatic imine (C=N–C) groups is 1. The highest BCUT2D eigenvalue weighted by Gasteiger charge is 2.48. The molecule has 3 heteroatoms. The third kappa shape index (κ3) is 2.65. The SMILES string of the molecule is CNC12CCCC(/C=C/C=N\C(C)=N)(CC1)C2. The van der Waals surface area contributed by atoms with Crippen molar-refractivity contribution in [2.24, 2.45) is 10.4 Å². The molecule has 0 aromatic rings. The van der Waals surface area contributed by atoms with E-state index >= 15 is 0 Å². The van der Waals surface area contributed by atoms with E-state index in [4.69, 9.17) is 5.41 Å². The van der Waals surface area contributed by atoms with Crippen LogP contribution < -0.4 is 5.32 Å². The number of rotatable bonds is 3. The number of amidine groups is 1. The van der Waals surface area contributed by atoms with E-state index in [1.807, 2.05) is 6.08 Å². The normalized spacial score (nSPS) is 37.1. The molecule has 94 valence electrons. The molecule has 0 amide bonds. The summed E-state index contributed by atoms with van der Waals surface area (Å²) < 4.78 is 0. The van der Waals surface area contributed by atoms with Gasteiger partial charge in [0.05, 0.1) is 0 Å². The fraction of sp³-hybridized carbons (Fsp3) is 0.714. The Morgan fingerprint density at radius 3 is 2.82 bits per heavy atom. The summed E-state index contributed by atoms with van der Waals surface area (Å²) in [5.41, 5.74) is 0.792. The Kier molecular flexibility index (Phi) is 3.48. The number of fused-ring (bicyclic) bond motifs is 2. The van der Waals surface area contributed by atoms with Gasteiger partial charge in [0.1, 0.15) is 5.84 Å². The van der Waals surface area contributed by atoms with E-state index in [0.717, 1.165) is 0 Å². The smallest absolute Gasteiger partial charge is 0.117 e. The van der Waals surface area contributed by atoms with Gasteiger partial charge in [-0.2, -0.15) is 0 Å². The zero-order chi connectivity index (χ0) is 12.4. The first-order valence-electron chi connectivity index (χ1n) is 6.56. The molecule has 2 N–H and O–H groups in total. The predicted molar refractivity (Wildman–Crippen MR) is 73.0 cm³/mol. The molecule has 0 radical (unpaired) electrons. The third-order valence-corrected chi connectivity index (χ3v) is 4.46. The Labute approximate surface area is 104 Å². The van der Waals surface area contributed by atoms with E-state index in [1.54, 1.807) is 13.1 Å². The quantitative estimate of drug-likeness (QED) is 0.571. The van der Waals surface area contributed by atoms with Gasteiger partial charge in [0.25, 0.3) is 0 Å². The van der Waals surface area contributed by atoms with Crippen molar-refractivity contribution in [3.8, 4) is 0 Å². The molecular weight excluding hydrogens is 210 g/mol. The van der Waals surface area contributed by atoms with Crippen molar-refractivity contribution in [3.63, 3.8) is 0 Å². The maximum atomic E-state index is 7.24. The van der Waals surface area contributed by atoms with Gasteiger partial charge in [-0.05, 0) is 57.6 Å². The zero-order valence-electron chi connectivity index (χ0n) is 10.9. The van der Waals surface area contributed by atoms with Crippen LogP contribution in [0.5, 0.6) is 0 Å². The van der Waals surface area contributed by atoms with E-state index in [2.05, 4.69) is 23.4 Å². The van der Waals surface area contributed by atoms with Crippen molar-refractivity contribution in [3.05, 3.63) is 12.2 Å². The average Bonchev–Trinajstić information content (AvgIpc) is 2.58. The highest BCUT2D eigenvalue weighted by atomic mass is 15.0. The summed E-state index contributed by atoms with van der Waals surface area (Å²) in [4.78, 5) is 3.98. The van der Waals surface area contributed by atoms with Crippen LogP contribution >= 0.6 is 0 Å². The first kappa shape index (κ1) is 12.5. The van der Waals surface area contributed by atoms with E-state index in [9.17, 15) is 0 Å². The lowest BCUT2D eigenvalue weighted by Gasteiger charge is -2.38. The molecular formula is C14H23N3. The van der Waals surface area contributed by atoms with Gasteiger partial charge in [-0.3, -0.25) is 5.41 Å². The molecule has 0 spiro atoms. The van der Waals surface area contributed by atoms with Gasteiger partial charge in [0.15, 0.2) is 0 Å². The van der Waals surface area contributed by atoms with Crippen LogP contribution in [-0.4, -0.2) is 24.6 Å². The Balaban J connectivity index is 2.03. The summed E-state index contributed by atoms with van der Waals surface area (Å²) in [5, 5.41) is 10.8. The molecule has 2 saturated carbocycles. The average molecular weight is 233 g/mol. The van der Waals surface area contributed by atoms with Crippen LogP contribution in [0.25, 0.3) is 0 Å². The maximum absolute atomic E-state index is 7.24. The van der Waals surface area contributed by atoms with Gasteiger partial charge >= 0.3 is 0 Å². The number of hydrogen-bond acceptors (Lipinski definition) is 2.